The van der Waals surface area contributed by atoms with E-state index in [0.29, 0.717) is 31.7 Å². The third-order valence-corrected chi connectivity index (χ3v) is 3.09. The highest BCUT2D eigenvalue weighted by atomic mass is 19.1. The number of nitrogens with zero attached hydrogens (tertiary/aromatic N) is 1. The highest BCUT2D eigenvalue weighted by Gasteiger charge is 2.16. The predicted octanol–water partition coefficient (Wildman–Crippen LogP) is 0.606. The minimum absolute atomic E-state index is 0.00601. The largest absolute Gasteiger partial charge is 0.355 e. The van der Waals surface area contributed by atoms with Crippen LogP contribution in [0.1, 0.15) is 17.5 Å². The van der Waals surface area contributed by atoms with Crippen molar-refractivity contribution in [3.63, 3.8) is 0 Å². The fourth-order valence-electron chi connectivity index (χ4n) is 2.09. The maximum atomic E-state index is 13.8. The molecule has 1 saturated heterocycles. The van der Waals surface area contributed by atoms with Crippen LogP contribution in [0.5, 0.6) is 0 Å². The first-order valence-corrected chi connectivity index (χ1v) is 6.15. The minimum Gasteiger partial charge on any atom is -0.355 e. The Bertz CT molecular complexity index is 436. The Labute approximate surface area is 106 Å². The van der Waals surface area contributed by atoms with Gasteiger partial charge in [0, 0.05) is 31.7 Å². The number of nitrogens with two attached hydrogens (primary N) is 1. The lowest BCUT2D eigenvalue weighted by Crippen LogP contribution is -2.32. The van der Waals surface area contributed by atoms with Crippen LogP contribution in [0.25, 0.3) is 0 Å². The van der Waals surface area contributed by atoms with Crippen LogP contribution >= 0.6 is 0 Å². The number of nitrogens with one attached hydrogen (secondary N) is 1. The fraction of sp³-hybridized carbons (Fsp3) is 0.462. The fourth-order valence-corrected chi connectivity index (χ4v) is 2.09. The standard InChI is InChI=1S/C13H18FN3O/c14-12-6-10(7-15)2-3-11(12)8-17-5-1-4-16-13(18)9-17/h2-3,6H,1,4-5,7-9,15H2,(H,16,18). The zero-order chi connectivity index (χ0) is 13.0. The summed E-state index contributed by atoms with van der Waals surface area (Å²) >= 11 is 0. The van der Waals surface area contributed by atoms with Crippen LogP contribution in [0.4, 0.5) is 4.39 Å². The molecule has 0 unspecified atom stereocenters. The van der Waals surface area contributed by atoms with Crippen molar-refractivity contribution in [3.05, 3.63) is 35.1 Å². The average molecular weight is 251 g/mol. The van der Waals surface area contributed by atoms with Gasteiger partial charge in [-0.1, -0.05) is 12.1 Å². The first-order chi connectivity index (χ1) is 8.69. The second-order valence-electron chi connectivity index (χ2n) is 4.54. The zero-order valence-corrected chi connectivity index (χ0v) is 10.3. The molecule has 1 heterocycles. The van der Waals surface area contributed by atoms with E-state index in [1.54, 1.807) is 6.07 Å². The summed E-state index contributed by atoms with van der Waals surface area (Å²) in [6, 6.07) is 5.05. The third-order valence-electron chi connectivity index (χ3n) is 3.09. The summed E-state index contributed by atoms with van der Waals surface area (Å²) in [5.74, 6) is -0.242. The molecule has 0 radical (unpaired) electrons. The van der Waals surface area contributed by atoms with Gasteiger partial charge in [0.15, 0.2) is 0 Å². The van der Waals surface area contributed by atoms with E-state index in [0.717, 1.165) is 18.5 Å². The van der Waals surface area contributed by atoms with Crippen LogP contribution in [-0.2, 0) is 17.9 Å². The van der Waals surface area contributed by atoms with Gasteiger partial charge in [0.05, 0.1) is 6.54 Å². The SMILES string of the molecule is NCc1ccc(CN2CCCNC(=O)C2)c(F)c1. The van der Waals surface area contributed by atoms with Crippen molar-refractivity contribution in [3.8, 4) is 0 Å². The third kappa shape index (κ3) is 3.27. The van der Waals surface area contributed by atoms with Crippen LogP contribution < -0.4 is 11.1 Å². The summed E-state index contributed by atoms with van der Waals surface area (Å²) in [6.45, 7) is 2.63. The molecular formula is C13H18FN3O. The van der Waals surface area contributed by atoms with Gasteiger partial charge in [0.25, 0.3) is 0 Å². The van der Waals surface area contributed by atoms with Gasteiger partial charge in [-0.15, -0.1) is 0 Å². The summed E-state index contributed by atoms with van der Waals surface area (Å²) in [6.07, 6.45) is 0.897. The highest BCUT2D eigenvalue weighted by molar-refractivity contribution is 5.78. The summed E-state index contributed by atoms with van der Waals surface area (Å²) in [5.41, 5.74) is 6.86. The van der Waals surface area contributed by atoms with Gasteiger partial charge in [0.1, 0.15) is 5.82 Å². The quantitative estimate of drug-likeness (QED) is 0.827. The molecule has 0 saturated carbocycles. The molecular weight excluding hydrogens is 233 g/mol. The Hall–Kier alpha value is -1.46. The summed E-state index contributed by atoms with van der Waals surface area (Å²) in [4.78, 5) is 13.4. The van der Waals surface area contributed by atoms with E-state index in [2.05, 4.69) is 5.32 Å². The molecule has 3 N–H and O–H groups in total. The zero-order valence-electron chi connectivity index (χ0n) is 10.3. The molecule has 4 nitrogen and oxygen atoms in total. The lowest BCUT2D eigenvalue weighted by molar-refractivity contribution is -0.121. The van der Waals surface area contributed by atoms with Crippen LogP contribution in [0.3, 0.4) is 0 Å². The second-order valence-corrected chi connectivity index (χ2v) is 4.54. The normalized spacial score (nSPS) is 17.3. The molecule has 5 heteroatoms. The Morgan fingerprint density at radius 2 is 2.28 bits per heavy atom. The van der Waals surface area contributed by atoms with Crippen LogP contribution in [0.15, 0.2) is 18.2 Å². The van der Waals surface area contributed by atoms with Crippen molar-refractivity contribution in [1.82, 2.24) is 10.2 Å². The monoisotopic (exact) mass is 251 g/mol. The number of hydrogen-bond donors (Lipinski definition) is 2. The van der Waals surface area contributed by atoms with E-state index in [1.807, 2.05) is 11.0 Å². The topological polar surface area (TPSA) is 58.4 Å². The lowest BCUT2D eigenvalue weighted by atomic mass is 10.1. The molecule has 1 aromatic rings. The Kier molecular flexibility index (Phi) is 4.28. The number of halogens is 1. The molecule has 0 atom stereocenters. The highest BCUT2D eigenvalue weighted by Crippen LogP contribution is 2.13. The van der Waals surface area contributed by atoms with E-state index >= 15 is 0 Å². The van der Waals surface area contributed by atoms with Crippen LogP contribution in [-0.4, -0.2) is 30.4 Å². The maximum absolute atomic E-state index is 13.8. The molecule has 0 spiro atoms. The van der Waals surface area contributed by atoms with E-state index in [-0.39, 0.29) is 11.7 Å². The lowest BCUT2D eigenvalue weighted by Gasteiger charge is -2.19. The predicted molar refractivity (Wildman–Crippen MR) is 67.2 cm³/mol. The average Bonchev–Trinajstić information content (AvgIpc) is 2.56. The molecule has 1 aliphatic heterocycles. The Morgan fingerprint density at radius 1 is 1.44 bits per heavy atom. The van der Waals surface area contributed by atoms with E-state index in [1.165, 1.54) is 6.07 Å². The summed E-state index contributed by atoms with van der Waals surface area (Å²) < 4.78 is 13.8. The molecule has 1 amide bonds. The van der Waals surface area contributed by atoms with Crippen molar-refractivity contribution in [2.75, 3.05) is 19.6 Å². The van der Waals surface area contributed by atoms with Crippen molar-refractivity contribution in [1.29, 1.82) is 0 Å². The van der Waals surface area contributed by atoms with E-state index < -0.39 is 0 Å². The molecule has 1 aromatic carbocycles. The molecule has 0 aromatic heterocycles. The van der Waals surface area contributed by atoms with Crippen molar-refractivity contribution in [2.24, 2.45) is 5.73 Å². The molecule has 0 bridgehead atoms. The van der Waals surface area contributed by atoms with E-state index in [9.17, 15) is 9.18 Å². The Morgan fingerprint density at radius 3 is 3.00 bits per heavy atom. The molecule has 0 aliphatic carbocycles. The van der Waals surface area contributed by atoms with Crippen molar-refractivity contribution >= 4 is 5.91 Å². The van der Waals surface area contributed by atoms with Gasteiger partial charge >= 0.3 is 0 Å². The number of amides is 1. The summed E-state index contributed by atoms with van der Waals surface area (Å²) in [5, 5.41) is 2.80. The number of benzene rings is 1. The number of hydrogen-bond acceptors (Lipinski definition) is 3. The molecule has 98 valence electrons. The van der Waals surface area contributed by atoms with Gasteiger partial charge < -0.3 is 11.1 Å². The number of carbonyl (C=O) groups excluding carboxylic acids is 1. The van der Waals surface area contributed by atoms with Crippen molar-refractivity contribution in [2.45, 2.75) is 19.5 Å². The van der Waals surface area contributed by atoms with Gasteiger partial charge in [0.2, 0.25) is 5.91 Å². The minimum atomic E-state index is -0.248. The van der Waals surface area contributed by atoms with Gasteiger partial charge in [-0.05, 0) is 18.1 Å². The first-order valence-electron chi connectivity index (χ1n) is 6.15. The molecule has 1 aliphatic rings. The first kappa shape index (κ1) is 13.0. The van der Waals surface area contributed by atoms with Gasteiger partial charge in [-0.3, -0.25) is 9.69 Å². The maximum Gasteiger partial charge on any atom is 0.234 e. The van der Waals surface area contributed by atoms with E-state index in [4.69, 9.17) is 5.73 Å². The van der Waals surface area contributed by atoms with Crippen LogP contribution in [0.2, 0.25) is 0 Å². The number of carbonyl (C=O) groups is 1. The van der Waals surface area contributed by atoms with Gasteiger partial charge in [-0.25, -0.2) is 4.39 Å². The number of rotatable bonds is 3. The van der Waals surface area contributed by atoms with Crippen LogP contribution in [0, 0.1) is 5.82 Å². The molecule has 1 fully saturated rings. The Balaban J connectivity index is 2.06. The molecule has 2 rings (SSSR count). The smallest absolute Gasteiger partial charge is 0.234 e. The molecule has 18 heavy (non-hydrogen) atoms. The summed E-state index contributed by atoms with van der Waals surface area (Å²) in [7, 11) is 0. The second kappa shape index (κ2) is 5.93. The van der Waals surface area contributed by atoms with Gasteiger partial charge in [-0.2, -0.15) is 0 Å². The van der Waals surface area contributed by atoms with Crippen molar-refractivity contribution < 1.29 is 9.18 Å².